The van der Waals surface area contributed by atoms with Crippen LogP contribution in [0.25, 0.3) is 0 Å². The Kier molecular flexibility index (Phi) is 3.35. The Morgan fingerprint density at radius 2 is 2.06 bits per heavy atom. The van der Waals surface area contributed by atoms with E-state index >= 15 is 0 Å². The van der Waals surface area contributed by atoms with Crippen molar-refractivity contribution in [1.82, 2.24) is 15.1 Å². The summed E-state index contributed by atoms with van der Waals surface area (Å²) in [5.41, 5.74) is 5.76. The van der Waals surface area contributed by atoms with Crippen molar-refractivity contribution >= 4 is 17.8 Å². The summed E-state index contributed by atoms with van der Waals surface area (Å²) in [7, 11) is 0. The third kappa shape index (κ3) is 2.70. The maximum absolute atomic E-state index is 10.8. The van der Waals surface area contributed by atoms with E-state index in [1.54, 1.807) is 6.07 Å². The molecule has 18 heavy (non-hydrogen) atoms. The number of piperazine rings is 1. The average Bonchev–Trinajstić information content (AvgIpc) is 2.76. The summed E-state index contributed by atoms with van der Waals surface area (Å²) in [5.74, 6) is 0.303. The first-order valence-electron chi connectivity index (χ1n) is 5.61. The van der Waals surface area contributed by atoms with Crippen LogP contribution in [0.15, 0.2) is 6.07 Å². The van der Waals surface area contributed by atoms with Crippen molar-refractivity contribution in [2.24, 2.45) is 5.73 Å². The number of H-pyrrole nitrogens is 1. The highest BCUT2D eigenvalue weighted by Crippen LogP contribution is 2.14. The zero-order valence-electron chi connectivity index (χ0n) is 9.80. The minimum absolute atomic E-state index is 0.127. The second-order valence-corrected chi connectivity index (χ2v) is 4.15. The van der Waals surface area contributed by atoms with Crippen LogP contribution in [0, 0.1) is 0 Å². The molecule has 8 heteroatoms. The number of carbonyl (C=O) groups excluding carboxylic acids is 1. The molecule has 0 atom stereocenters. The van der Waals surface area contributed by atoms with Crippen molar-refractivity contribution in [2.45, 2.75) is 6.42 Å². The molecule has 1 saturated heterocycles. The first kappa shape index (κ1) is 12.2. The molecule has 2 heterocycles. The summed E-state index contributed by atoms with van der Waals surface area (Å²) >= 11 is 0. The second-order valence-electron chi connectivity index (χ2n) is 4.15. The van der Waals surface area contributed by atoms with Crippen molar-refractivity contribution in [2.75, 3.05) is 31.1 Å². The molecule has 0 aromatic carbocycles. The molecule has 1 fully saturated rings. The van der Waals surface area contributed by atoms with Crippen LogP contribution >= 0.6 is 0 Å². The number of carboxylic acid groups (broad SMARTS) is 1. The summed E-state index contributed by atoms with van der Waals surface area (Å²) < 4.78 is 0. The smallest absolute Gasteiger partial charge is 0.407 e. The van der Waals surface area contributed by atoms with Gasteiger partial charge in [0, 0.05) is 37.9 Å². The Morgan fingerprint density at radius 3 is 2.61 bits per heavy atom. The highest BCUT2D eigenvalue weighted by atomic mass is 16.4. The highest BCUT2D eigenvalue weighted by molar-refractivity contribution is 5.76. The SMILES string of the molecule is NC(=O)Cc1cc(N2CCN(C(=O)O)CC2)n[nH]1. The van der Waals surface area contributed by atoms with Gasteiger partial charge in [0.15, 0.2) is 5.82 Å². The number of rotatable bonds is 3. The lowest BCUT2D eigenvalue weighted by molar-refractivity contribution is -0.117. The summed E-state index contributed by atoms with van der Waals surface area (Å²) in [6, 6.07) is 1.77. The maximum atomic E-state index is 10.8. The normalized spacial score (nSPS) is 15.8. The van der Waals surface area contributed by atoms with Crippen LogP contribution < -0.4 is 10.6 Å². The minimum Gasteiger partial charge on any atom is -0.465 e. The molecular weight excluding hydrogens is 238 g/mol. The quantitative estimate of drug-likeness (QED) is 0.654. The first-order valence-corrected chi connectivity index (χ1v) is 5.61. The van der Waals surface area contributed by atoms with Gasteiger partial charge < -0.3 is 20.6 Å². The average molecular weight is 253 g/mol. The fourth-order valence-corrected chi connectivity index (χ4v) is 1.92. The molecule has 0 spiro atoms. The monoisotopic (exact) mass is 253 g/mol. The molecule has 4 N–H and O–H groups in total. The minimum atomic E-state index is -0.897. The van der Waals surface area contributed by atoms with Crippen molar-refractivity contribution in [1.29, 1.82) is 0 Å². The Bertz CT molecular complexity index is 450. The lowest BCUT2D eigenvalue weighted by Crippen LogP contribution is -2.48. The van der Waals surface area contributed by atoms with Gasteiger partial charge >= 0.3 is 6.09 Å². The van der Waals surface area contributed by atoms with Crippen LogP contribution in [0.3, 0.4) is 0 Å². The van der Waals surface area contributed by atoms with E-state index in [0.717, 1.165) is 5.82 Å². The number of nitrogens with two attached hydrogens (primary N) is 1. The molecule has 0 saturated carbocycles. The van der Waals surface area contributed by atoms with Gasteiger partial charge in [-0.1, -0.05) is 0 Å². The van der Waals surface area contributed by atoms with E-state index in [-0.39, 0.29) is 6.42 Å². The zero-order valence-corrected chi connectivity index (χ0v) is 9.80. The fourth-order valence-electron chi connectivity index (χ4n) is 1.92. The van der Waals surface area contributed by atoms with Gasteiger partial charge in [-0.3, -0.25) is 9.89 Å². The fraction of sp³-hybridized carbons (Fsp3) is 0.500. The highest BCUT2D eigenvalue weighted by Gasteiger charge is 2.21. The van der Waals surface area contributed by atoms with E-state index in [9.17, 15) is 9.59 Å². The van der Waals surface area contributed by atoms with Crippen molar-refractivity contribution in [3.05, 3.63) is 11.8 Å². The molecule has 1 aromatic rings. The van der Waals surface area contributed by atoms with Crippen LogP contribution in [-0.2, 0) is 11.2 Å². The van der Waals surface area contributed by atoms with Gasteiger partial charge in [-0.2, -0.15) is 5.10 Å². The van der Waals surface area contributed by atoms with Gasteiger partial charge in [0.05, 0.1) is 6.42 Å². The largest absolute Gasteiger partial charge is 0.465 e. The molecule has 0 radical (unpaired) electrons. The lowest BCUT2D eigenvalue weighted by Gasteiger charge is -2.33. The Labute approximate surface area is 103 Å². The Hall–Kier alpha value is -2.25. The summed E-state index contributed by atoms with van der Waals surface area (Å²) in [4.78, 5) is 24.9. The third-order valence-electron chi connectivity index (χ3n) is 2.86. The van der Waals surface area contributed by atoms with Gasteiger partial charge in [-0.15, -0.1) is 0 Å². The van der Waals surface area contributed by atoms with E-state index in [1.165, 1.54) is 4.90 Å². The number of amides is 2. The van der Waals surface area contributed by atoms with Crippen molar-refractivity contribution in [3.8, 4) is 0 Å². The summed E-state index contributed by atoms with van der Waals surface area (Å²) in [5, 5.41) is 15.7. The predicted octanol–water partition coefficient (Wildman–Crippen LogP) is -0.762. The van der Waals surface area contributed by atoms with Crippen LogP contribution in [0.2, 0.25) is 0 Å². The molecule has 0 aliphatic carbocycles. The topological polar surface area (TPSA) is 116 Å². The number of hydrogen-bond donors (Lipinski definition) is 3. The van der Waals surface area contributed by atoms with Gasteiger partial charge in [-0.25, -0.2) is 4.79 Å². The summed E-state index contributed by atoms with van der Waals surface area (Å²) in [6.45, 7) is 2.08. The van der Waals surface area contributed by atoms with E-state index < -0.39 is 12.0 Å². The number of aromatic amines is 1. The number of carbonyl (C=O) groups is 2. The molecule has 8 nitrogen and oxygen atoms in total. The number of primary amides is 1. The van der Waals surface area contributed by atoms with Crippen molar-refractivity contribution in [3.63, 3.8) is 0 Å². The molecule has 1 aliphatic rings. The third-order valence-corrected chi connectivity index (χ3v) is 2.86. The van der Waals surface area contributed by atoms with Crippen LogP contribution in [-0.4, -0.2) is 58.4 Å². The van der Waals surface area contributed by atoms with E-state index in [1.807, 2.05) is 4.90 Å². The second kappa shape index (κ2) is 4.94. The molecule has 0 bridgehead atoms. The van der Waals surface area contributed by atoms with E-state index in [2.05, 4.69) is 10.2 Å². The van der Waals surface area contributed by atoms with Gasteiger partial charge in [0.1, 0.15) is 0 Å². The number of anilines is 1. The van der Waals surface area contributed by atoms with Crippen LogP contribution in [0.4, 0.5) is 10.6 Å². The zero-order chi connectivity index (χ0) is 13.1. The van der Waals surface area contributed by atoms with E-state index in [4.69, 9.17) is 10.8 Å². The molecule has 0 unspecified atom stereocenters. The number of hydrogen-bond acceptors (Lipinski definition) is 4. The number of aromatic nitrogens is 2. The Morgan fingerprint density at radius 1 is 1.39 bits per heavy atom. The molecule has 98 valence electrons. The molecule has 2 amide bonds. The molecular formula is C10H15N5O3. The molecule has 2 rings (SSSR count). The Balaban J connectivity index is 1.95. The van der Waals surface area contributed by atoms with Crippen molar-refractivity contribution < 1.29 is 14.7 Å². The first-order chi connectivity index (χ1) is 8.56. The predicted molar refractivity (Wildman–Crippen MR) is 63.3 cm³/mol. The van der Waals surface area contributed by atoms with Gasteiger partial charge in [0.25, 0.3) is 0 Å². The number of nitrogens with one attached hydrogen (secondary N) is 1. The lowest BCUT2D eigenvalue weighted by atomic mass is 10.3. The van der Waals surface area contributed by atoms with Crippen LogP contribution in [0.5, 0.6) is 0 Å². The van der Waals surface area contributed by atoms with Crippen LogP contribution in [0.1, 0.15) is 5.69 Å². The maximum Gasteiger partial charge on any atom is 0.407 e. The van der Waals surface area contributed by atoms with Gasteiger partial charge in [-0.05, 0) is 0 Å². The standard InChI is InChI=1S/C10H15N5O3/c11-8(16)5-7-6-9(13-12-7)14-1-3-15(4-2-14)10(17)18/h6H,1-5H2,(H2,11,16)(H,12,13)(H,17,18). The molecule has 1 aliphatic heterocycles. The van der Waals surface area contributed by atoms with E-state index in [0.29, 0.717) is 31.9 Å². The number of nitrogens with zero attached hydrogens (tertiary/aromatic N) is 3. The summed E-state index contributed by atoms with van der Waals surface area (Å²) in [6.07, 6.45) is -0.770. The molecule has 1 aromatic heterocycles. The van der Waals surface area contributed by atoms with Gasteiger partial charge in [0.2, 0.25) is 5.91 Å².